The van der Waals surface area contributed by atoms with Gasteiger partial charge in [0.1, 0.15) is 6.61 Å². The summed E-state index contributed by atoms with van der Waals surface area (Å²) in [6.07, 6.45) is 7.32. The van der Waals surface area contributed by atoms with Crippen molar-refractivity contribution in [3.8, 4) is 5.75 Å². The molecule has 0 atom stereocenters. The van der Waals surface area contributed by atoms with Gasteiger partial charge in [0.25, 0.3) is 16.8 Å². The van der Waals surface area contributed by atoms with Crippen LogP contribution in [0.25, 0.3) is 6.08 Å². The van der Waals surface area contributed by atoms with E-state index in [4.69, 9.17) is 16.3 Å². The van der Waals surface area contributed by atoms with E-state index < -0.39 is 4.92 Å². The summed E-state index contributed by atoms with van der Waals surface area (Å²) in [5.41, 5.74) is 1.43. The molecule has 0 unspecified atom stereocenters. The van der Waals surface area contributed by atoms with Crippen LogP contribution < -0.4 is 4.74 Å². The molecule has 178 valence electrons. The molecule has 0 radical (unpaired) electrons. The summed E-state index contributed by atoms with van der Waals surface area (Å²) in [5.74, 6) is 0.547. The minimum Gasteiger partial charge on any atom is -0.486 e. The summed E-state index contributed by atoms with van der Waals surface area (Å²) in [5, 5.41) is 10.9. The van der Waals surface area contributed by atoms with Crippen LogP contribution in [0.2, 0.25) is 5.02 Å². The zero-order valence-corrected chi connectivity index (χ0v) is 21.3. The topological polar surface area (TPSA) is 89.7 Å². The number of hydrogen-bond donors (Lipinski definition) is 0. The Bertz CT molecular complexity index is 1130. The van der Waals surface area contributed by atoms with Gasteiger partial charge in [0.05, 0.1) is 19.3 Å². The van der Waals surface area contributed by atoms with Crippen molar-refractivity contribution in [1.82, 2.24) is 4.90 Å². The largest absolute Gasteiger partial charge is 0.486 e. The normalized spacial score (nSPS) is 18.1. The van der Waals surface area contributed by atoms with E-state index in [9.17, 15) is 19.7 Å². The number of benzene rings is 2. The molecular weight excluding hydrogens is 544 g/mol. The molecule has 34 heavy (non-hydrogen) atoms. The molecule has 1 aliphatic carbocycles. The third-order valence-corrected chi connectivity index (χ3v) is 7.66. The monoisotopic (exact) mass is 564 g/mol. The van der Waals surface area contributed by atoms with Gasteiger partial charge < -0.3 is 4.74 Å². The molecule has 7 nitrogen and oxygen atoms in total. The Morgan fingerprint density at radius 3 is 2.53 bits per heavy atom. The van der Waals surface area contributed by atoms with Gasteiger partial charge in [0.2, 0.25) is 0 Å². The number of carbonyl (C=O) groups is 2. The molecule has 1 heterocycles. The molecule has 1 saturated carbocycles. The molecule has 2 aromatic rings. The molecule has 0 N–H and O–H groups in total. The fraction of sp³-hybridized carbons (Fsp3) is 0.333. The van der Waals surface area contributed by atoms with Crippen molar-refractivity contribution in [1.29, 1.82) is 0 Å². The van der Waals surface area contributed by atoms with Gasteiger partial charge in [0, 0.05) is 18.7 Å². The molecule has 2 amide bonds. The van der Waals surface area contributed by atoms with E-state index in [1.165, 1.54) is 23.5 Å². The molecule has 0 aromatic heterocycles. The molecule has 10 heteroatoms. The lowest BCUT2D eigenvalue weighted by molar-refractivity contribution is -0.384. The van der Waals surface area contributed by atoms with E-state index in [-0.39, 0.29) is 23.4 Å². The average molecular weight is 566 g/mol. The Hall–Kier alpha value is -2.36. The summed E-state index contributed by atoms with van der Waals surface area (Å²) in [6.45, 7) is 0.664. The van der Waals surface area contributed by atoms with Crippen molar-refractivity contribution in [2.75, 3.05) is 6.54 Å². The fourth-order valence-electron chi connectivity index (χ4n) is 4.11. The molecular formula is C24H22BrClN2O5S. The molecule has 1 saturated heterocycles. The SMILES string of the molecule is O=C1S/C(=C/c2cc(Cl)c(OCc3ccc([N+](=O)[O-])cc3)c(Br)c2)C(=O)N1CC1CCCCC1. The van der Waals surface area contributed by atoms with Gasteiger partial charge >= 0.3 is 0 Å². The predicted molar refractivity (Wildman–Crippen MR) is 136 cm³/mol. The Morgan fingerprint density at radius 2 is 1.88 bits per heavy atom. The number of rotatable bonds is 7. The van der Waals surface area contributed by atoms with Gasteiger partial charge in [0.15, 0.2) is 5.75 Å². The predicted octanol–water partition coefficient (Wildman–Crippen LogP) is 7.21. The summed E-state index contributed by atoms with van der Waals surface area (Å²) < 4.78 is 6.41. The highest BCUT2D eigenvalue weighted by atomic mass is 79.9. The van der Waals surface area contributed by atoms with Crippen LogP contribution in [-0.2, 0) is 11.4 Å². The molecule has 2 aliphatic rings. The first-order valence-corrected chi connectivity index (χ1v) is 12.9. The second-order valence-electron chi connectivity index (χ2n) is 8.32. The number of thioether (sulfide) groups is 1. The Kier molecular flexibility index (Phi) is 7.95. The number of non-ortho nitro benzene ring substituents is 1. The number of nitro groups is 1. The van der Waals surface area contributed by atoms with E-state index in [1.807, 2.05) is 0 Å². The highest BCUT2D eigenvalue weighted by molar-refractivity contribution is 9.10. The minimum atomic E-state index is -0.457. The smallest absolute Gasteiger partial charge is 0.293 e. The first kappa shape index (κ1) is 24.8. The van der Waals surface area contributed by atoms with Crippen molar-refractivity contribution in [2.45, 2.75) is 38.7 Å². The lowest BCUT2D eigenvalue weighted by Crippen LogP contribution is -2.34. The maximum atomic E-state index is 12.9. The minimum absolute atomic E-state index is 0.00970. The molecule has 4 rings (SSSR count). The molecule has 2 aromatic carbocycles. The highest BCUT2D eigenvalue weighted by Crippen LogP contribution is 2.38. The summed E-state index contributed by atoms with van der Waals surface area (Å²) in [7, 11) is 0. The van der Waals surface area contributed by atoms with E-state index >= 15 is 0 Å². The average Bonchev–Trinajstić information content (AvgIpc) is 3.07. The zero-order chi connectivity index (χ0) is 24.2. The summed E-state index contributed by atoms with van der Waals surface area (Å²) in [6, 6.07) is 9.52. The van der Waals surface area contributed by atoms with Crippen LogP contribution in [0.1, 0.15) is 43.2 Å². The van der Waals surface area contributed by atoms with E-state index in [0.29, 0.717) is 38.2 Å². The van der Waals surface area contributed by atoms with Gasteiger partial charge in [-0.05, 0) is 87.9 Å². The first-order chi connectivity index (χ1) is 16.3. The number of carbonyl (C=O) groups excluding carboxylic acids is 2. The van der Waals surface area contributed by atoms with Crippen LogP contribution in [0.4, 0.5) is 10.5 Å². The maximum absolute atomic E-state index is 12.9. The van der Waals surface area contributed by atoms with E-state index in [1.54, 1.807) is 30.3 Å². The van der Waals surface area contributed by atoms with Crippen LogP contribution in [0.5, 0.6) is 5.75 Å². The Morgan fingerprint density at radius 1 is 1.18 bits per heavy atom. The van der Waals surface area contributed by atoms with Gasteiger partial charge in [-0.3, -0.25) is 24.6 Å². The fourth-order valence-corrected chi connectivity index (χ4v) is 5.94. The Balaban J connectivity index is 1.44. The zero-order valence-electron chi connectivity index (χ0n) is 18.2. The lowest BCUT2D eigenvalue weighted by Gasteiger charge is -2.25. The first-order valence-electron chi connectivity index (χ1n) is 10.9. The van der Waals surface area contributed by atoms with Crippen LogP contribution in [0.3, 0.4) is 0 Å². The molecule has 1 aliphatic heterocycles. The van der Waals surface area contributed by atoms with Crippen molar-refractivity contribution in [3.05, 3.63) is 72.0 Å². The summed E-state index contributed by atoms with van der Waals surface area (Å²) in [4.78, 5) is 37.4. The number of hydrogen-bond acceptors (Lipinski definition) is 6. The number of amides is 2. The number of halogens is 2. The Labute approximate surface area is 214 Å². The third kappa shape index (κ3) is 5.82. The van der Waals surface area contributed by atoms with Gasteiger partial charge in [-0.15, -0.1) is 0 Å². The van der Waals surface area contributed by atoms with Gasteiger partial charge in [-0.25, -0.2) is 0 Å². The van der Waals surface area contributed by atoms with E-state index in [2.05, 4.69) is 15.9 Å². The quantitative estimate of drug-likeness (QED) is 0.200. The van der Waals surface area contributed by atoms with Crippen molar-refractivity contribution >= 4 is 62.2 Å². The lowest BCUT2D eigenvalue weighted by atomic mass is 9.89. The van der Waals surface area contributed by atoms with Crippen molar-refractivity contribution < 1.29 is 19.2 Å². The second kappa shape index (κ2) is 10.9. The number of imide groups is 1. The third-order valence-electron chi connectivity index (χ3n) is 5.89. The van der Waals surface area contributed by atoms with Crippen LogP contribution in [-0.4, -0.2) is 27.5 Å². The standard InChI is InChI=1S/C24H22BrClN2O5S/c25-19-10-17(11-20(26)22(19)33-14-16-6-8-18(9-7-16)28(31)32)12-21-23(29)27(24(30)34-21)13-15-4-2-1-3-5-15/h6-12,15H,1-5,13-14H2/b21-12+. The second-order valence-corrected chi connectivity index (χ2v) is 10.6. The van der Waals surface area contributed by atoms with E-state index in [0.717, 1.165) is 43.0 Å². The van der Waals surface area contributed by atoms with Crippen LogP contribution in [0, 0.1) is 16.0 Å². The maximum Gasteiger partial charge on any atom is 0.293 e. The number of ether oxygens (including phenoxy) is 1. The van der Waals surface area contributed by atoms with Crippen LogP contribution in [0.15, 0.2) is 45.8 Å². The molecule has 0 spiro atoms. The van der Waals surface area contributed by atoms with Crippen LogP contribution >= 0.6 is 39.3 Å². The van der Waals surface area contributed by atoms with Gasteiger partial charge in [-0.1, -0.05) is 30.9 Å². The number of nitro benzene ring substituents is 1. The van der Waals surface area contributed by atoms with Gasteiger partial charge in [-0.2, -0.15) is 0 Å². The molecule has 2 fully saturated rings. The highest BCUT2D eigenvalue weighted by Gasteiger charge is 2.36. The molecule has 0 bridgehead atoms. The summed E-state index contributed by atoms with van der Waals surface area (Å²) >= 11 is 10.8. The number of nitrogens with zero attached hydrogens (tertiary/aromatic N) is 2. The van der Waals surface area contributed by atoms with Crippen molar-refractivity contribution in [3.63, 3.8) is 0 Å². The van der Waals surface area contributed by atoms with Crippen molar-refractivity contribution in [2.24, 2.45) is 5.92 Å².